The van der Waals surface area contributed by atoms with E-state index in [4.69, 9.17) is 10.5 Å². The van der Waals surface area contributed by atoms with E-state index < -0.39 is 5.91 Å². The lowest BCUT2D eigenvalue weighted by Gasteiger charge is -2.36. The van der Waals surface area contributed by atoms with Crippen molar-refractivity contribution in [1.29, 1.82) is 0 Å². The van der Waals surface area contributed by atoms with Crippen LogP contribution in [0.25, 0.3) is 22.3 Å². The molecule has 0 radical (unpaired) electrons. The van der Waals surface area contributed by atoms with Gasteiger partial charge in [0.2, 0.25) is 0 Å². The molecule has 3 N–H and O–H groups in total. The molecule has 1 amide bonds. The van der Waals surface area contributed by atoms with E-state index in [-0.39, 0.29) is 23.3 Å². The number of para-hydroxylation sites is 1. The molecule has 11 heteroatoms. The average molecular weight is 579 g/mol. The number of amides is 1. The number of nitrogens with zero attached hydrogens (tertiary/aromatic N) is 6. The van der Waals surface area contributed by atoms with E-state index in [9.17, 15) is 9.59 Å². The molecule has 0 saturated heterocycles. The summed E-state index contributed by atoms with van der Waals surface area (Å²) in [6, 6.07) is 15.2. The van der Waals surface area contributed by atoms with Crippen LogP contribution >= 0.6 is 0 Å². The van der Waals surface area contributed by atoms with Gasteiger partial charge in [0.15, 0.2) is 5.82 Å². The number of hydrogen-bond donors (Lipinski definition) is 2. The number of carbonyl (C=O) groups excluding carboxylic acids is 1. The first-order valence-electron chi connectivity index (χ1n) is 14.8. The van der Waals surface area contributed by atoms with Crippen molar-refractivity contribution < 1.29 is 9.53 Å². The first-order valence-corrected chi connectivity index (χ1v) is 14.8. The molecule has 43 heavy (non-hydrogen) atoms. The average Bonchev–Trinajstić information content (AvgIpc) is 3.51. The van der Waals surface area contributed by atoms with E-state index in [2.05, 4.69) is 40.3 Å². The number of nitrogens with two attached hydrogens (primary N) is 1. The van der Waals surface area contributed by atoms with Crippen LogP contribution in [0.15, 0.2) is 65.8 Å². The van der Waals surface area contributed by atoms with Crippen molar-refractivity contribution in [3.8, 4) is 16.8 Å². The van der Waals surface area contributed by atoms with E-state index in [0.29, 0.717) is 30.5 Å². The molecule has 0 spiro atoms. The molecular formula is C32H34N8O3. The second kappa shape index (κ2) is 10.8. The van der Waals surface area contributed by atoms with Crippen molar-refractivity contribution >= 4 is 23.1 Å². The van der Waals surface area contributed by atoms with Gasteiger partial charge in [-0.25, -0.2) is 19.2 Å². The zero-order valence-corrected chi connectivity index (χ0v) is 24.2. The number of rotatable bonds is 7. The number of nitrogens with one attached hydrogen (secondary N) is 1. The van der Waals surface area contributed by atoms with Crippen LogP contribution in [0.5, 0.6) is 0 Å². The van der Waals surface area contributed by atoms with Gasteiger partial charge in [0, 0.05) is 35.5 Å². The lowest BCUT2D eigenvalue weighted by Crippen LogP contribution is -2.32. The Bertz CT molecular complexity index is 1860. The molecule has 1 aliphatic carbocycles. The van der Waals surface area contributed by atoms with Gasteiger partial charge in [-0.1, -0.05) is 18.2 Å². The predicted octanol–water partition coefficient (Wildman–Crippen LogP) is 4.59. The zero-order chi connectivity index (χ0) is 29.7. The van der Waals surface area contributed by atoms with Gasteiger partial charge in [0.1, 0.15) is 23.2 Å². The third-order valence-electron chi connectivity index (χ3n) is 8.41. The topological polar surface area (TPSA) is 134 Å². The van der Waals surface area contributed by atoms with Crippen molar-refractivity contribution in [2.75, 3.05) is 11.1 Å². The Kier molecular flexibility index (Phi) is 6.81. The van der Waals surface area contributed by atoms with E-state index >= 15 is 0 Å². The molecule has 2 aliphatic rings. The molecule has 1 fully saturated rings. The van der Waals surface area contributed by atoms with Crippen molar-refractivity contribution in [3.05, 3.63) is 88.4 Å². The summed E-state index contributed by atoms with van der Waals surface area (Å²) in [5.41, 5.74) is 11.2. The Hall–Kier alpha value is -4.77. The van der Waals surface area contributed by atoms with Crippen LogP contribution in [0.4, 0.5) is 11.6 Å². The van der Waals surface area contributed by atoms with E-state index in [1.807, 2.05) is 45.6 Å². The minimum atomic E-state index is -0.456. The summed E-state index contributed by atoms with van der Waals surface area (Å²) in [5.74, 6) is 0.592. The van der Waals surface area contributed by atoms with Crippen molar-refractivity contribution in [2.24, 2.45) is 0 Å². The highest BCUT2D eigenvalue weighted by atomic mass is 16.5. The molecule has 220 valence electrons. The lowest BCUT2D eigenvalue weighted by molar-refractivity contribution is -0.0458. The number of benzene rings is 1. The second-order valence-corrected chi connectivity index (χ2v) is 11.6. The van der Waals surface area contributed by atoms with Crippen LogP contribution in [-0.2, 0) is 17.7 Å². The van der Waals surface area contributed by atoms with Crippen molar-refractivity contribution in [1.82, 2.24) is 28.9 Å². The first-order chi connectivity index (χ1) is 20.9. The largest absolute Gasteiger partial charge is 0.382 e. The Morgan fingerprint density at radius 1 is 1.09 bits per heavy atom. The second-order valence-electron chi connectivity index (χ2n) is 11.6. The van der Waals surface area contributed by atoms with Gasteiger partial charge in [-0.3, -0.25) is 14.3 Å². The van der Waals surface area contributed by atoms with Crippen LogP contribution in [-0.4, -0.2) is 47.1 Å². The molecular weight excluding hydrogens is 544 g/mol. The van der Waals surface area contributed by atoms with Crippen LogP contribution < -0.4 is 16.6 Å². The molecule has 1 aromatic carbocycles. The molecule has 1 aliphatic heterocycles. The summed E-state index contributed by atoms with van der Waals surface area (Å²) in [4.78, 5) is 35.9. The van der Waals surface area contributed by atoms with Crippen LogP contribution in [0.3, 0.4) is 0 Å². The van der Waals surface area contributed by atoms with Crippen molar-refractivity contribution in [3.63, 3.8) is 0 Å². The molecule has 11 nitrogen and oxygen atoms in total. The number of pyridine rings is 1. The standard InChI is InChI=1S/C32H34N8O3/c1-19(2)43-23-14-21(15-23)26-16-24(29-30(33)35-18-36-39(26)29)20-11-12-27(34-17-20)37-31(41)28-25-10-6-7-13-38(25)40(32(28)42)22-8-4-3-5-9-22/h3-5,8-9,11-12,16-19,21,23H,6-7,10,13-15H2,1-2H3,(H2,33,35,36)(H,34,37,41). The number of fused-ring (bicyclic) bond motifs is 2. The third kappa shape index (κ3) is 4.79. The predicted molar refractivity (Wildman–Crippen MR) is 164 cm³/mol. The zero-order valence-electron chi connectivity index (χ0n) is 24.2. The van der Waals surface area contributed by atoms with Gasteiger partial charge in [0.25, 0.3) is 11.5 Å². The summed E-state index contributed by atoms with van der Waals surface area (Å²) >= 11 is 0. The molecule has 5 aromatic rings. The Labute approximate surface area is 248 Å². The Balaban J connectivity index is 1.17. The number of aromatic nitrogens is 6. The summed E-state index contributed by atoms with van der Waals surface area (Å²) < 4.78 is 11.4. The SMILES string of the molecule is CC(C)OC1CC(c2cc(-c3ccc(NC(=O)c4c5n(n(-c6ccccc6)c4=O)CCCC5)nc3)c3c(N)ncnn23)C1. The van der Waals surface area contributed by atoms with Crippen LogP contribution in [0, 0.1) is 0 Å². The maximum absolute atomic E-state index is 13.6. The van der Waals surface area contributed by atoms with Gasteiger partial charge in [0.05, 0.1) is 23.6 Å². The molecule has 5 heterocycles. The van der Waals surface area contributed by atoms with Gasteiger partial charge in [-0.15, -0.1) is 0 Å². The highest BCUT2D eigenvalue weighted by molar-refractivity contribution is 6.04. The molecule has 4 aromatic heterocycles. The summed E-state index contributed by atoms with van der Waals surface area (Å²) in [5, 5.41) is 7.37. The molecule has 0 unspecified atom stereocenters. The van der Waals surface area contributed by atoms with Crippen LogP contribution in [0.2, 0.25) is 0 Å². The normalized spacial score (nSPS) is 18.0. The molecule has 0 bridgehead atoms. The van der Waals surface area contributed by atoms with Crippen molar-refractivity contribution in [2.45, 2.75) is 70.6 Å². The minimum absolute atomic E-state index is 0.169. The quantitative estimate of drug-likeness (QED) is 0.289. The Morgan fingerprint density at radius 2 is 1.91 bits per heavy atom. The maximum atomic E-state index is 13.6. The molecule has 1 saturated carbocycles. The molecule has 7 rings (SSSR count). The highest BCUT2D eigenvalue weighted by Crippen LogP contribution is 2.42. The minimum Gasteiger partial charge on any atom is -0.382 e. The third-order valence-corrected chi connectivity index (χ3v) is 8.41. The van der Waals surface area contributed by atoms with Crippen LogP contribution in [0.1, 0.15) is 67.2 Å². The Morgan fingerprint density at radius 3 is 2.65 bits per heavy atom. The smallest absolute Gasteiger partial charge is 0.284 e. The van der Waals surface area contributed by atoms with Gasteiger partial charge in [-0.05, 0) is 76.3 Å². The highest BCUT2D eigenvalue weighted by Gasteiger charge is 2.35. The number of nitrogen functional groups attached to an aromatic ring is 1. The van der Waals surface area contributed by atoms with E-state index in [1.165, 1.54) is 6.33 Å². The summed E-state index contributed by atoms with van der Waals surface area (Å²) in [6.07, 6.45) is 8.01. The van der Waals surface area contributed by atoms with E-state index in [0.717, 1.165) is 59.4 Å². The summed E-state index contributed by atoms with van der Waals surface area (Å²) in [7, 11) is 0. The first kappa shape index (κ1) is 27.1. The number of ether oxygens (including phenoxy) is 1. The van der Waals surface area contributed by atoms with Gasteiger partial charge < -0.3 is 15.8 Å². The fourth-order valence-electron chi connectivity index (χ4n) is 6.40. The van der Waals surface area contributed by atoms with Gasteiger partial charge in [-0.2, -0.15) is 5.10 Å². The fourth-order valence-corrected chi connectivity index (χ4v) is 6.40. The van der Waals surface area contributed by atoms with E-state index in [1.54, 1.807) is 16.9 Å². The monoisotopic (exact) mass is 578 g/mol. The number of hydrogen-bond acceptors (Lipinski definition) is 7. The fraction of sp³-hybridized carbons (Fsp3) is 0.344. The number of carbonyl (C=O) groups is 1. The summed E-state index contributed by atoms with van der Waals surface area (Å²) in [6.45, 7) is 4.79. The van der Waals surface area contributed by atoms with Gasteiger partial charge >= 0.3 is 0 Å². The molecule has 0 atom stereocenters. The maximum Gasteiger partial charge on any atom is 0.284 e. The lowest BCUT2D eigenvalue weighted by atomic mass is 9.80. The number of anilines is 2.